The van der Waals surface area contributed by atoms with Gasteiger partial charge >= 0.3 is 0 Å². The third-order valence-corrected chi connectivity index (χ3v) is 6.34. The van der Waals surface area contributed by atoms with Crippen LogP contribution in [0.4, 0.5) is 5.69 Å². The van der Waals surface area contributed by atoms with Crippen LogP contribution in [-0.2, 0) is 0 Å². The summed E-state index contributed by atoms with van der Waals surface area (Å²) in [4.78, 5) is 27.6. The number of amides is 2. The van der Waals surface area contributed by atoms with Crippen molar-refractivity contribution in [2.45, 2.75) is 44.6 Å². The maximum Gasteiger partial charge on any atom is 0.257 e. The van der Waals surface area contributed by atoms with Gasteiger partial charge in [-0.15, -0.1) is 0 Å². The lowest BCUT2D eigenvalue weighted by molar-refractivity contribution is 0.0390. The fourth-order valence-corrected chi connectivity index (χ4v) is 4.80. The van der Waals surface area contributed by atoms with E-state index < -0.39 is 0 Å². The number of anilines is 1. The highest BCUT2D eigenvalue weighted by Gasteiger charge is 2.35. The molecule has 0 bridgehead atoms. The topological polar surface area (TPSA) is 49.4 Å². The maximum absolute atomic E-state index is 13.1. The van der Waals surface area contributed by atoms with Crippen LogP contribution in [0.25, 0.3) is 0 Å². The second-order valence-corrected chi connectivity index (χ2v) is 8.17. The SMILES string of the molecule is O=C(Nc1ccc(C(=O)N2CCC[C@H]3CCCC[C@@H]32)cc1)c1ccccc1Cl. The first kappa shape index (κ1) is 19.0. The number of likely N-dealkylation sites (tertiary alicyclic amines) is 1. The summed E-state index contributed by atoms with van der Waals surface area (Å²) in [6.07, 6.45) is 7.24. The molecule has 0 spiro atoms. The molecule has 1 N–H and O–H groups in total. The molecule has 4 nitrogen and oxygen atoms in total. The highest BCUT2D eigenvalue weighted by molar-refractivity contribution is 6.34. The van der Waals surface area contributed by atoms with Crippen molar-refractivity contribution < 1.29 is 9.59 Å². The van der Waals surface area contributed by atoms with Crippen molar-refractivity contribution in [2.75, 3.05) is 11.9 Å². The summed E-state index contributed by atoms with van der Waals surface area (Å²) in [6.45, 7) is 0.852. The van der Waals surface area contributed by atoms with Gasteiger partial charge in [0.15, 0.2) is 0 Å². The molecule has 1 aliphatic carbocycles. The predicted molar refractivity (Wildman–Crippen MR) is 112 cm³/mol. The Hall–Kier alpha value is -2.33. The van der Waals surface area contributed by atoms with Gasteiger partial charge in [-0.1, -0.05) is 36.6 Å². The van der Waals surface area contributed by atoms with Crippen LogP contribution in [0.15, 0.2) is 48.5 Å². The summed E-state index contributed by atoms with van der Waals surface area (Å²) < 4.78 is 0. The summed E-state index contributed by atoms with van der Waals surface area (Å²) >= 11 is 6.08. The van der Waals surface area contributed by atoms with Crippen molar-refractivity contribution in [3.05, 3.63) is 64.7 Å². The van der Waals surface area contributed by atoms with Crippen LogP contribution < -0.4 is 5.32 Å². The summed E-state index contributed by atoms with van der Waals surface area (Å²) in [5.41, 5.74) is 1.76. The first-order chi connectivity index (χ1) is 13.6. The molecule has 0 unspecified atom stereocenters. The van der Waals surface area contributed by atoms with E-state index in [-0.39, 0.29) is 11.8 Å². The summed E-state index contributed by atoms with van der Waals surface area (Å²) in [5.74, 6) is 0.520. The highest BCUT2D eigenvalue weighted by Crippen LogP contribution is 2.36. The quantitative estimate of drug-likeness (QED) is 0.756. The van der Waals surface area contributed by atoms with Crippen molar-refractivity contribution in [3.63, 3.8) is 0 Å². The number of carbonyl (C=O) groups excluding carboxylic acids is 2. The molecule has 1 saturated heterocycles. The largest absolute Gasteiger partial charge is 0.335 e. The van der Waals surface area contributed by atoms with Gasteiger partial charge < -0.3 is 10.2 Å². The fraction of sp³-hybridized carbons (Fsp3) is 0.391. The van der Waals surface area contributed by atoms with E-state index in [1.807, 2.05) is 0 Å². The average Bonchev–Trinajstić information content (AvgIpc) is 2.73. The molecule has 0 aromatic heterocycles. The van der Waals surface area contributed by atoms with E-state index in [4.69, 9.17) is 11.6 Å². The van der Waals surface area contributed by atoms with Gasteiger partial charge in [-0.05, 0) is 68.0 Å². The predicted octanol–water partition coefficient (Wildman–Crippen LogP) is 5.39. The lowest BCUT2D eigenvalue weighted by atomic mass is 9.78. The zero-order chi connectivity index (χ0) is 19.5. The number of carbonyl (C=O) groups is 2. The van der Waals surface area contributed by atoms with E-state index in [2.05, 4.69) is 10.2 Å². The standard InChI is InChI=1S/C23H25ClN2O2/c24-20-9-3-2-8-19(20)22(27)25-18-13-11-17(12-14-18)23(28)26-15-5-7-16-6-1-4-10-21(16)26/h2-3,8-9,11-14,16,21H,1,4-7,10,15H2,(H,25,27)/t16-,21+/m1/s1. The highest BCUT2D eigenvalue weighted by atomic mass is 35.5. The van der Waals surface area contributed by atoms with Crippen LogP contribution in [-0.4, -0.2) is 29.3 Å². The summed E-state index contributed by atoms with van der Waals surface area (Å²) in [5, 5.41) is 3.26. The Bertz CT molecular complexity index is 863. The maximum atomic E-state index is 13.1. The summed E-state index contributed by atoms with van der Waals surface area (Å²) in [7, 11) is 0. The van der Waals surface area contributed by atoms with E-state index >= 15 is 0 Å². The van der Waals surface area contributed by atoms with E-state index in [0.717, 1.165) is 19.4 Å². The number of hydrogen-bond acceptors (Lipinski definition) is 2. The van der Waals surface area contributed by atoms with E-state index in [1.165, 1.54) is 25.7 Å². The van der Waals surface area contributed by atoms with Crippen LogP contribution in [0.1, 0.15) is 59.2 Å². The molecule has 146 valence electrons. The van der Waals surface area contributed by atoms with E-state index in [1.54, 1.807) is 48.5 Å². The molecule has 2 amide bonds. The normalized spacial score (nSPS) is 21.7. The molecule has 2 aliphatic rings. The third kappa shape index (κ3) is 3.93. The Kier molecular flexibility index (Phi) is 5.67. The molecule has 2 aromatic carbocycles. The van der Waals surface area contributed by atoms with Gasteiger partial charge in [0.1, 0.15) is 0 Å². The monoisotopic (exact) mass is 396 g/mol. The molecule has 2 fully saturated rings. The second kappa shape index (κ2) is 8.36. The number of hydrogen-bond donors (Lipinski definition) is 1. The lowest BCUT2D eigenvalue weighted by Crippen LogP contribution is -2.49. The van der Waals surface area contributed by atoms with Gasteiger partial charge in [0.25, 0.3) is 11.8 Å². The van der Waals surface area contributed by atoms with Gasteiger partial charge in [-0.3, -0.25) is 9.59 Å². The Labute approximate surface area is 170 Å². The van der Waals surface area contributed by atoms with Crippen molar-refractivity contribution in [2.24, 2.45) is 5.92 Å². The number of nitrogens with one attached hydrogen (secondary N) is 1. The number of fused-ring (bicyclic) bond motifs is 1. The molecule has 0 radical (unpaired) electrons. The van der Waals surface area contributed by atoms with Gasteiger partial charge in [0.2, 0.25) is 0 Å². The molecule has 28 heavy (non-hydrogen) atoms. The van der Waals surface area contributed by atoms with Crippen LogP contribution in [0.2, 0.25) is 5.02 Å². The Morgan fingerprint density at radius 1 is 0.929 bits per heavy atom. The van der Waals surface area contributed by atoms with Crippen molar-refractivity contribution in [3.8, 4) is 0 Å². The fourth-order valence-electron chi connectivity index (χ4n) is 4.58. The molecular formula is C23H25ClN2O2. The zero-order valence-electron chi connectivity index (χ0n) is 15.9. The van der Waals surface area contributed by atoms with Gasteiger partial charge in [-0.2, -0.15) is 0 Å². The minimum absolute atomic E-state index is 0.112. The molecular weight excluding hydrogens is 372 g/mol. The van der Waals surface area contributed by atoms with Crippen LogP contribution in [0, 0.1) is 5.92 Å². The smallest absolute Gasteiger partial charge is 0.257 e. The van der Waals surface area contributed by atoms with Gasteiger partial charge in [-0.25, -0.2) is 0 Å². The molecule has 2 aromatic rings. The third-order valence-electron chi connectivity index (χ3n) is 6.01. The Morgan fingerprint density at radius 3 is 2.43 bits per heavy atom. The molecule has 2 atom stereocenters. The van der Waals surface area contributed by atoms with E-state index in [9.17, 15) is 9.59 Å². The molecule has 1 saturated carbocycles. The second-order valence-electron chi connectivity index (χ2n) is 7.76. The molecule has 4 rings (SSSR count). The van der Waals surface area contributed by atoms with Crippen LogP contribution in [0.5, 0.6) is 0 Å². The Morgan fingerprint density at radius 2 is 1.64 bits per heavy atom. The zero-order valence-corrected chi connectivity index (χ0v) is 16.6. The van der Waals surface area contributed by atoms with Crippen LogP contribution >= 0.6 is 11.6 Å². The van der Waals surface area contributed by atoms with E-state index in [0.29, 0.717) is 33.8 Å². The Balaban J connectivity index is 1.45. The van der Waals surface area contributed by atoms with Crippen molar-refractivity contribution in [1.29, 1.82) is 0 Å². The van der Waals surface area contributed by atoms with Crippen LogP contribution in [0.3, 0.4) is 0 Å². The number of nitrogens with zero attached hydrogens (tertiary/aromatic N) is 1. The van der Waals surface area contributed by atoms with Gasteiger partial charge in [0.05, 0.1) is 10.6 Å². The molecule has 1 heterocycles. The number of rotatable bonds is 3. The average molecular weight is 397 g/mol. The number of halogens is 1. The first-order valence-corrected chi connectivity index (χ1v) is 10.5. The number of piperidine rings is 1. The molecule has 5 heteroatoms. The van der Waals surface area contributed by atoms with Crippen molar-refractivity contribution >= 4 is 29.1 Å². The lowest BCUT2D eigenvalue weighted by Gasteiger charge is -2.44. The van der Waals surface area contributed by atoms with Crippen molar-refractivity contribution in [1.82, 2.24) is 4.90 Å². The molecule has 1 aliphatic heterocycles. The van der Waals surface area contributed by atoms with Gasteiger partial charge in [0, 0.05) is 23.8 Å². The minimum atomic E-state index is -0.259. The summed E-state index contributed by atoms with van der Waals surface area (Å²) in [6, 6.07) is 14.5. The number of benzene rings is 2. The minimum Gasteiger partial charge on any atom is -0.335 e. The first-order valence-electron chi connectivity index (χ1n) is 10.1.